The first-order valence-corrected chi connectivity index (χ1v) is 7.76. The summed E-state index contributed by atoms with van der Waals surface area (Å²) in [6, 6.07) is 9.03. The third-order valence-corrected chi connectivity index (χ3v) is 3.88. The average molecular weight is 323 g/mol. The minimum absolute atomic E-state index is 0.000808. The molecule has 3 rings (SSSR count). The Balaban J connectivity index is 2.15. The van der Waals surface area contributed by atoms with Gasteiger partial charge in [0.05, 0.1) is 17.5 Å². The van der Waals surface area contributed by atoms with Crippen molar-refractivity contribution in [1.82, 2.24) is 14.5 Å². The molecule has 0 spiro atoms. The van der Waals surface area contributed by atoms with Gasteiger partial charge >= 0.3 is 5.97 Å². The first kappa shape index (κ1) is 15.9. The summed E-state index contributed by atoms with van der Waals surface area (Å²) < 4.78 is 1.87. The maximum Gasteiger partial charge on any atom is 0.305 e. The molecule has 2 aromatic heterocycles. The third kappa shape index (κ3) is 3.03. The molecule has 0 saturated heterocycles. The zero-order valence-corrected chi connectivity index (χ0v) is 13.3. The Hall–Kier alpha value is -3.02. The first-order chi connectivity index (χ1) is 11.6. The van der Waals surface area contributed by atoms with Gasteiger partial charge in [-0.05, 0) is 30.3 Å². The largest absolute Gasteiger partial charge is 0.481 e. The molecule has 0 aliphatic carbocycles. The van der Waals surface area contributed by atoms with Gasteiger partial charge in [-0.25, -0.2) is 4.98 Å². The van der Waals surface area contributed by atoms with Gasteiger partial charge in [0, 0.05) is 36.5 Å². The predicted molar refractivity (Wildman–Crippen MR) is 89.8 cm³/mol. The van der Waals surface area contributed by atoms with E-state index in [1.165, 1.54) is 0 Å². The Bertz CT molecular complexity index is 901. The minimum Gasteiger partial charge on any atom is -0.481 e. The molecule has 3 aromatic rings. The van der Waals surface area contributed by atoms with Gasteiger partial charge in [0.25, 0.3) is 0 Å². The summed E-state index contributed by atoms with van der Waals surface area (Å²) in [4.78, 5) is 31.5. The Morgan fingerprint density at radius 1 is 1.17 bits per heavy atom. The number of imidazole rings is 1. The summed E-state index contributed by atoms with van der Waals surface area (Å²) in [5.74, 6) is -0.132. The summed E-state index contributed by atoms with van der Waals surface area (Å²) in [5, 5.41) is 9.01. The number of carbonyl (C=O) groups excluding carboxylic acids is 1. The van der Waals surface area contributed by atoms with E-state index >= 15 is 0 Å². The number of hydrogen-bond acceptors (Lipinski definition) is 4. The number of fused-ring (bicyclic) bond motifs is 1. The molecule has 0 bridgehead atoms. The van der Waals surface area contributed by atoms with Crippen LogP contribution in [0, 0.1) is 0 Å². The van der Waals surface area contributed by atoms with Gasteiger partial charge in [0.1, 0.15) is 5.82 Å². The predicted octanol–water partition coefficient (Wildman–Crippen LogP) is 3.17. The molecule has 0 radical (unpaired) electrons. The summed E-state index contributed by atoms with van der Waals surface area (Å²) in [5.41, 5.74) is 2.98. The van der Waals surface area contributed by atoms with Crippen molar-refractivity contribution in [3.63, 3.8) is 0 Å². The van der Waals surface area contributed by atoms with Crippen molar-refractivity contribution in [2.75, 3.05) is 0 Å². The molecule has 6 heteroatoms. The minimum atomic E-state index is -0.865. The van der Waals surface area contributed by atoms with Crippen molar-refractivity contribution >= 4 is 22.8 Å². The number of aromatic nitrogens is 3. The number of carbonyl (C=O) groups is 2. The van der Waals surface area contributed by atoms with E-state index in [1.807, 2.05) is 29.7 Å². The number of carboxylic acids is 1. The van der Waals surface area contributed by atoms with Crippen LogP contribution in [0.4, 0.5) is 0 Å². The van der Waals surface area contributed by atoms with E-state index in [0.29, 0.717) is 29.9 Å². The molecule has 122 valence electrons. The smallest absolute Gasteiger partial charge is 0.305 e. The first-order valence-electron chi connectivity index (χ1n) is 7.76. The lowest BCUT2D eigenvalue weighted by molar-refractivity contribution is -0.137. The number of pyridine rings is 1. The number of aliphatic carboxylic acids is 1. The Labute approximate surface area is 138 Å². The van der Waals surface area contributed by atoms with Crippen LogP contribution in [0.1, 0.15) is 30.1 Å². The van der Waals surface area contributed by atoms with Gasteiger partial charge in [-0.2, -0.15) is 0 Å². The summed E-state index contributed by atoms with van der Waals surface area (Å²) in [6.07, 6.45) is 3.77. The van der Waals surface area contributed by atoms with Crippen molar-refractivity contribution in [2.24, 2.45) is 0 Å². The van der Waals surface area contributed by atoms with Crippen LogP contribution in [0.3, 0.4) is 0 Å². The molecule has 0 aliphatic heterocycles. The zero-order valence-electron chi connectivity index (χ0n) is 13.3. The molecule has 6 nitrogen and oxygen atoms in total. The number of ketones is 1. The third-order valence-electron chi connectivity index (χ3n) is 3.88. The molecule has 0 amide bonds. The fraction of sp³-hybridized carbons (Fsp3) is 0.222. The van der Waals surface area contributed by atoms with Gasteiger partial charge in [0.2, 0.25) is 0 Å². The molecular formula is C18H17N3O3. The lowest BCUT2D eigenvalue weighted by atomic mass is 10.1. The second-order valence-electron chi connectivity index (χ2n) is 5.45. The van der Waals surface area contributed by atoms with E-state index in [1.54, 1.807) is 24.5 Å². The molecule has 1 aromatic carbocycles. The highest BCUT2D eigenvalue weighted by Gasteiger charge is 2.15. The number of hydrogen-bond donors (Lipinski definition) is 1. The van der Waals surface area contributed by atoms with Crippen LogP contribution in [0.25, 0.3) is 22.4 Å². The molecule has 0 atom stereocenters. The van der Waals surface area contributed by atoms with E-state index in [4.69, 9.17) is 5.11 Å². The topological polar surface area (TPSA) is 85.1 Å². The van der Waals surface area contributed by atoms with E-state index < -0.39 is 5.97 Å². The van der Waals surface area contributed by atoms with E-state index in [9.17, 15) is 9.59 Å². The number of rotatable bonds is 6. The second kappa shape index (κ2) is 6.62. The standard InChI is InChI=1S/C18H17N3O3/c1-2-16(22)13-3-4-15-14(11-13)20-18(12-5-8-19-9-6-12)21(15)10-7-17(23)24/h3-6,8-9,11H,2,7,10H2,1H3,(H,23,24). The van der Waals surface area contributed by atoms with Crippen LogP contribution in [-0.4, -0.2) is 31.4 Å². The molecule has 0 saturated carbocycles. The van der Waals surface area contributed by atoms with Gasteiger partial charge in [-0.15, -0.1) is 0 Å². The molecule has 2 heterocycles. The second-order valence-corrected chi connectivity index (χ2v) is 5.45. The molecule has 1 N–H and O–H groups in total. The van der Waals surface area contributed by atoms with E-state index in [-0.39, 0.29) is 12.2 Å². The normalized spacial score (nSPS) is 10.9. The Morgan fingerprint density at radius 2 is 1.92 bits per heavy atom. The molecule has 0 unspecified atom stereocenters. The highest BCUT2D eigenvalue weighted by molar-refractivity contribution is 5.99. The molecule has 0 aliphatic rings. The highest BCUT2D eigenvalue weighted by atomic mass is 16.4. The van der Waals surface area contributed by atoms with Crippen molar-refractivity contribution in [1.29, 1.82) is 0 Å². The number of Topliss-reactive ketones (excluding diaryl/α,β-unsaturated/α-hetero) is 1. The fourth-order valence-corrected chi connectivity index (χ4v) is 2.66. The van der Waals surface area contributed by atoms with Crippen LogP contribution in [0.5, 0.6) is 0 Å². The van der Waals surface area contributed by atoms with Crippen LogP contribution in [0.15, 0.2) is 42.7 Å². The number of aryl methyl sites for hydroxylation is 1. The SMILES string of the molecule is CCC(=O)c1ccc2c(c1)nc(-c1ccncc1)n2CCC(=O)O. The van der Waals surface area contributed by atoms with Gasteiger partial charge in [-0.1, -0.05) is 6.92 Å². The Kier molecular flexibility index (Phi) is 4.37. The van der Waals surface area contributed by atoms with Gasteiger partial charge in [0.15, 0.2) is 5.78 Å². The number of nitrogens with zero attached hydrogens (tertiary/aromatic N) is 3. The lowest BCUT2D eigenvalue weighted by Crippen LogP contribution is -2.06. The summed E-state index contributed by atoms with van der Waals surface area (Å²) >= 11 is 0. The van der Waals surface area contributed by atoms with Crippen LogP contribution >= 0.6 is 0 Å². The molecule has 0 fully saturated rings. The molecular weight excluding hydrogens is 306 g/mol. The van der Waals surface area contributed by atoms with Crippen LogP contribution in [0.2, 0.25) is 0 Å². The quantitative estimate of drug-likeness (QED) is 0.704. The van der Waals surface area contributed by atoms with Crippen molar-refractivity contribution in [3.8, 4) is 11.4 Å². The number of carboxylic acid groups (broad SMARTS) is 1. The van der Waals surface area contributed by atoms with Gasteiger partial charge in [-0.3, -0.25) is 14.6 Å². The Morgan fingerprint density at radius 3 is 2.58 bits per heavy atom. The van der Waals surface area contributed by atoms with E-state index in [0.717, 1.165) is 11.1 Å². The maximum absolute atomic E-state index is 11.9. The fourth-order valence-electron chi connectivity index (χ4n) is 2.66. The number of benzene rings is 1. The van der Waals surface area contributed by atoms with Crippen LogP contribution in [-0.2, 0) is 11.3 Å². The monoisotopic (exact) mass is 323 g/mol. The van der Waals surface area contributed by atoms with Crippen molar-refractivity contribution < 1.29 is 14.7 Å². The highest BCUT2D eigenvalue weighted by Crippen LogP contribution is 2.26. The van der Waals surface area contributed by atoms with E-state index in [2.05, 4.69) is 9.97 Å². The van der Waals surface area contributed by atoms with Crippen LogP contribution < -0.4 is 0 Å². The zero-order chi connectivity index (χ0) is 17.1. The summed E-state index contributed by atoms with van der Waals surface area (Å²) in [7, 11) is 0. The van der Waals surface area contributed by atoms with Crippen molar-refractivity contribution in [3.05, 3.63) is 48.3 Å². The summed E-state index contributed by atoms with van der Waals surface area (Å²) in [6.45, 7) is 2.13. The lowest BCUT2D eigenvalue weighted by Gasteiger charge is -2.08. The molecule has 24 heavy (non-hydrogen) atoms. The van der Waals surface area contributed by atoms with Crippen molar-refractivity contribution in [2.45, 2.75) is 26.3 Å². The maximum atomic E-state index is 11.9. The van der Waals surface area contributed by atoms with Gasteiger partial charge < -0.3 is 9.67 Å². The average Bonchev–Trinajstić information content (AvgIpc) is 2.97.